The molecule has 2 N–H and O–H groups in total. The van der Waals surface area contributed by atoms with Crippen molar-refractivity contribution in [3.8, 4) is 0 Å². The van der Waals surface area contributed by atoms with Crippen LogP contribution >= 0.6 is 0 Å². The largest absolute Gasteiger partial charge is 0.397 e. The van der Waals surface area contributed by atoms with Crippen LogP contribution in [0.15, 0.2) is 24.7 Å². The van der Waals surface area contributed by atoms with Gasteiger partial charge in [-0.2, -0.15) is 0 Å². The molecule has 0 aliphatic carbocycles. The molecule has 60 valence electrons. The summed E-state index contributed by atoms with van der Waals surface area (Å²) in [6, 6.07) is 3.93. The molecule has 0 amide bonds. The minimum Gasteiger partial charge on any atom is -0.397 e. The molecule has 0 bridgehead atoms. The Labute approximate surface area is 70.3 Å². The highest BCUT2D eigenvalue weighted by atomic mass is 14.8. The van der Waals surface area contributed by atoms with Gasteiger partial charge in [0.05, 0.1) is 11.2 Å². The Morgan fingerprint density at radius 3 is 3.00 bits per heavy atom. The molecule has 0 aliphatic heterocycles. The van der Waals surface area contributed by atoms with E-state index in [1.54, 1.807) is 6.20 Å². The van der Waals surface area contributed by atoms with Gasteiger partial charge in [0.1, 0.15) is 6.33 Å². The summed E-state index contributed by atoms with van der Waals surface area (Å²) in [6.45, 7) is 2.00. The number of fused-ring (bicyclic) bond motifs is 1. The zero-order valence-corrected chi connectivity index (χ0v) is 6.78. The van der Waals surface area contributed by atoms with Gasteiger partial charge < -0.3 is 5.73 Å². The van der Waals surface area contributed by atoms with E-state index in [4.69, 9.17) is 5.73 Å². The van der Waals surface area contributed by atoms with E-state index >= 15 is 0 Å². The number of aryl methyl sites for hydroxylation is 1. The van der Waals surface area contributed by atoms with Gasteiger partial charge in [-0.25, -0.2) is 9.97 Å². The molecule has 2 rings (SSSR count). The maximum absolute atomic E-state index is 5.77. The van der Waals surface area contributed by atoms with Crippen molar-refractivity contribution in [1.29, 1.82) is 0 Å². The highest BCUT2D eigenvalue weighted by molar-refractivity contribution is 5.89. The molecular weight excluding hydrogens is 150 g/mol. The Kier molecular flexibility index (Phi) is 1.43. The van der Waals surface area contributed by atoms with Gasteiger partial charge in [0, 0.05) is 11.6 Å². The van der Waals surface area contributed by atoms with E-state index in [1.807, 2.05) is 19.1 Å². The fraction of sp³-hybridized carbons (Fsp3) is 0.111. The minimum absolute atomic E-state index is 0.715. The minimum atomic E-state index is 0.715. The van der Waals surface area contributed by atoms with Crippen LogP contribution in [0.2, 0.25) is 0 Å². The van der Waals surface area contributed by atoms with Crippen LogP contribution in [0.25, 0.3) is 10.9 Å². The molecule has 0 aliphatic rings. The number of nitrogens with two attached hydrogens (primary N) is 1. The molecule has 3 heteroatoms. The quantitative estimate of drug-likeness (QED) is 0.593. The molecular formula is C9H9N3. The monoisotopic (exact) mass is 159 g/mol. The van der Waals surface area contributed by atoms with Crippen LogP contribution in [-0.2, 0) is 0 Å². The second kappa shape index (κ2) is 2.44. The third-order valence-corrected chi connectivity index (χ3v) is 1.78. The first-order valence-electron chi connectivity index (χ1n) is 3.73. The predicted molar refractivity (Wildman–Crippen MR) is 48.7 cm³/mol. The van der Waals surface area contributed by atoms with E-state index in [9.17, 15) is 0 Å². The number of benzene rings is 1. The first kappa shape index (κ1) is 7.03. The number of hydrogen-bond donors (Lipinski definition) is 1. The van der Waals surface area contributed by atoms with Crippen LogP contribution in [0.3, 0.4) is 0 Å². The maximum atomic E-state index is 5.77. The molecule has 1 aromatic heterocycles. The number of anilines is 1. The fourth-order valence-electron chi connectivity index (χ4n) is 1.29. The summed E-state index contributed by atoms with van der Waals surface area (Å²) in [6.07, 6.45) is 3.28. The van der Waals surface area contributed by atoms with Crippen molar-refractivity contribution in [3.63, 3.8) is 0 Å². The summed E-state index contributed by atoms with van der Waals surface area (Å²) in [7, 11) is 0. The van der Waals surface area contributed by atoms with Crippen molar-refractivity contribution >= 4 is 16.6 Å². The lowest BCUT2D eigenvalue weighted by Crippen LogP contribution is -1.91. The lowest BCUT2D eigenvalue weighted by Gasteiger charge is -2.00. The van der Waals surface area contributed by atoms with E-state index in [0.29, 0.717) is 5.69 Å². The molecule has 1 heterocycles. The van der Waals surface area contributed by atoms with Crippen LogP contribution in [0.1, 0.15) is 5.56 Å². The van der Waals surface area contributed by atoms with Crippen LogP contribution in [0.5, 0.6) is 0 Å². The van der Waals surface area contributed by atoms with Crippen molar-refractivity contribution in [2.24, 2.45) is 0 Å². The van der Waals surface area contributed by atoms with Crippen LogP contribution in [0, 0.1) is 6.92 Å². The zero-order valence-electron chi connectivity index (χ0n) is 6.78. The molecule has 0 fully saturated rings. The highest BCUT2D eigenvalue weighted by Gasteiger charge is 1.98. The summed E-state index contributed by atoms with van der Waals surface area (Å²) in [5.74, 6) is 0. The molecule has 0 saturated heterocycles. The summed E-state index contributed by atoms with van der Waals surface area (Å²) in [4.78, 5) is 8.01. The second-order valence-electron chi connectivity index (χ2n) is 2.81. The van der Waals surface area contributed by atoms with Gasteiger partial charge in [0.15, 0.2) is 0 Å². The number of nitrogen functional groups attached to an aromatic ring is 1. The number of aromatic nitrogens is 2. The summed E-state index contributed by atoms with van der Waals surface area (Å²) < 4.78 is 0. The third kappa shape index (κ3) is 0.993. The highest BCUT2D eigenvalue weighted by Crippen LogP contribution is 2.18. The topological polar surface area (TPSA) is 51.8 Å². The fourth-order valence-corrected chi connectivity index (χ4v) is 1.29. The van der Waals surface area contributed by atoms with Gasteiger partial charge in [-0.05, 0) is 24.6 Å². The lowest BCUT2D eigenvalue weighted by molar-refractivity contribution is 1.22. The summed E-state index contributed by atoms with van der Waals surface area (Å²) >= 11 is 0. The lowest BCUT2D eigenvalue weighted by atomic mass is 10.1. The Bertz CT molecular complexity index is 423. The van der Waals surface area contributed by atoms with E-state index in [2.05, 4.69) is 9.97 Å². The molecule has 0 unspecified atom stereocenters. The van der Waals surface area contributed by atoms with Crippen LogP contribution in [-0.4, -0.2) is 9.97 Å². The van der Waals surface area contributed by atoms with Crippen molar-refractivity contribution in [3.05, 3.63) is 30.2 Å². The number of hydrogen-bond acceptors (Lipinski definition) is 3. The summed E-state index contributed by atoms with van der Waals surface area (Å²) in [5, 5.41) is 0.995. The van der Waals surface area contributed by atoms with E-state index in [1.165, 1.54) is 6.33 Å². The van der Waals surface area contributed by atoms with Gasteiger partial charge in [-0.15, -0.1) is 0 Å². The smallest absolute Gasteiger partial charge is 0.116 e. The molecule has 2 aromatic rings. The molecule has 0 atom stereocenters. The molecule has 3 nitrogen and oxygen atoms in total. The molecule has 1 aromatic carbocycles. The average Bonchev–Trinajstić information content (AvgIpc) is 2.04. The van der Waals surface area contributed by atoms with E-state index in [0.717, 1.165) is 16.5 Å². The Balaban J connectivity index is 2.89. The van der Waals surface area contributed by atoms with Gasteiger partial charge in [-0.3, -0.25) is 0 Å². The van der Waals surface area contributed by atoms with Crippen molar-refractivity contribution in [2.75, 3.05) is 5.73 Å². The maximum Gasteiger partial charge on any atom is 0.116 e. The van der Waals surface area contributed by atoms with E-state index in [-0.39, 0.29) is 0 Å². The summed E-state index contributed by atoms with van der Waals surface area (Å²) in [5.41, 5.74) is 8.45. The average molecular weight is 159 g/mol. The van der Waals surface area contributed by atoms with Crippen molar-refractivity contribution in [1.82, 2.24) is 9.97 Å². The third-order valence-electron chi connectivity index (χ3n) is 1.78. The molecule has 0 spiro atoms. The van der Waals surface area contributed by atoms with Gasteiger partial charge in [-0.1, -0.05) is 0 Å². The zero-order chi connectivity index (χ0) is 8.55. The Morgan fingerprint density at radius 2 is 2.17 bits per heavy atom. The molecule has 0 saturated carbocycles. The van der Waals surface area contributed by atoms with Crippen LogP contribution < -0.4 is 5.73 Å². The van der Waals surface area contributed by atoms with Gasteiger partial charge >= 0.3 is 0 Å². The van der Waals surface area contributed by atoms with Crippen LogP contribution in [0.4, 0.5) is 5.69 Å². The predicted octanol–water partition coefficient (Wildman–Crippen LogP) is 1.52. The normalized spacial score (nSPS) is 10.4. The molecule has 0 radical (unpaired) electrons. The van der Waals surface area contributed by atoms with Gasteiger partial charge in [0.2, 0.25) is 0 Å². The SMILES string of the molecule is Cc1cc(N)c2ncncc2c1. The van der Waals surface area contributed by atoms with Crippen molar-refractivity contribution < 1.29 is 0 Å². The Morgan fingerprint density at radius 1 is 1.33 bits per heavy atom. The Hall–Kier alpha value is -1.64. The van der Waals surface area contributed by atoms with Gasteiger partial charge in [0.25, 0.3) is 0 Å². The molecule has 12 heavy (non-hydrogen) atoms. The van der Waals surface area contributed by atoms with E-state index < -0.39 is 0 Å². The first-order valence-corrected chi connectivity index (χ1v) is 3.73. The van der Waals surface area contributed by atoms with Crippen molar-refractivity contribution in [2.45, 2.75) is 6.92 Å². The second-order valence-corrected chi connectivity index (χ2v) is 2.81. The standard InChI is InChI=1S/C9H9N3/c1-6-2-7-4-11-5-12-9(7)8(10)3-6/h2-5H,10H2,1H3. The first-order chi connectivity index (χ1) is 5.77. The number of rotatable bonds is 0. The number of nitrogens with zero attached hydrogens (tertiary/aromatic N) is 2.